The number of aliphatic hydroxyl groups excluding tert-OH is 2. The Balaban J connectivity index is 1.52. The summed E-state index contributed by atoms with van der Waals surface area (Å²) < 4.78 is 19.6. The predicted molar refractivity (Wildman–Crippen MR) is 266 cm³/mol. The molecule has 11 heteroatoms. The average molecular weight is 944 g/mol. The number of cyclic esters (lactones) is 1. The van der Waals surface area contributed by atoms with Gasteiger partial charge in [-0.05, 0) is 132 Å². The van der Waals surface area contributed by atoms with Gasteiger partial charge in [0.15, 0.2) is 0 Å². The molecule has 1 saturated carbocycles. The van der Waals surface area contributed by atoms with Gasteiger partial charge in [-0.2, -0.15) is 0 Å². The van der Waals surface area contributed by atoms with Crippen LogP contribution in [0.1, 0.15) is 146 Å². The topological polar surface area (TPSA) is 160 Å². The second-order valence-electron chi connectivity index (χ2n) is 21.7. The van der Waals surface area contributed by atoms with Gasteiger partial charge in [-0.15, -0.1) is 0 Å². The number of carbonyl (C=O) groups excluding carboxylic acids is 4. The number of benzene rings is 1. The van der Waals surface area contributed by atoms with Crippen molar-refractivity contribution in [3.05, 3.63) is 77.9 Å². The second-order valence-corrected chi connectivity index (χ2v) is 21.7. The molecule has 3 heterocycles. The third-order valence-electron chi connectivity index (χ3n) is 15.9. The standard InChI is InChI=1S/C57H85NO10/c1-35-19-13-11-14-20-36(2)37(3)33-47-26-24-43(9)57(65,68-47)54(66-46-21-15-12-16-22-46)55(63)58-28-18-17-23-48(58)56(64)67-51(40(6)32-45-25-27-49(59)39(5)31-45)34-50(60)38(4)30-42(8)53(62)44(10)52(61)41(7)29-35/h11-16,19-22,30,35,37-41,43-45,47-49,51,53-54,59,62,65H,17-18,23-29,31-34H2,1-10H3/b14-11+,19-13+,36-20+,42-30+/t35-,37+,38-,39-,40-,41-,43-,44+,45?,47+,48+,49-,51?,53-,54?,57-/m1/s1. The van der Waals surface area contributed by atoms with Crippen molar-refractivity contribution in [3.8, 4) is 5.75 Å². The number of aliphatic hydroxyl groups is 3. The first kappa shape index (κ1) is 55.0. The molecule has 5 rings (SSSR count). The smallest absolute Gasteiger partial charge is 0.329 e. The van der Waals surface area contributed by atoms with Crippen molar-refractivity contribution in [3.63, 3.8) is 0 Å². The van der Waals surface area contributed by atoms with Crippen molar-refractivity contribution in [1.29, 1.82) is 0 Å². The van der Waals surface area contributed by atoms with Crippen LogP contribution < -0.4 is 4.74 Å². The molecule has 3 unspecified atom stereocenters. The number of nitrogens with zero attached hydrogens (tertiary/aromatic N) is 1. The minimum Gasteiger partial charge on any atom is -0.475 e. The number of ketones is 2. The molecule has 1 aliphatic carbocycles. The van der Waals surface area contributed by atoms with Gasteiger partial charge in [-0.1, -0.05) is 116 Å². The van der Waals surface area contributed by atoms with Gasteiger partial charge in [-0.3, -0.25) is 14.4 Å². The van der Waals surface area contributed by atoms with Gasteiger partial charge in [0.1, 0.15) is 29.5 Å². The molecule has 4 aliphatic rings. The summed E-state index contributed by atoms with van der Waals surface area (Å²) in [6.45, 7) is 19.6. The van der Waals surface area contributed by atoms with E-state index in [1.165, 1.54) is 4.90 Å². The molecule has 3 aliphatic heterocycles. The Morgan fingerprint density at radius 2 is 1.54 bits per heavy atom. The van der Waals surface area contributed by atoms with Gasteiger partial charge in [-0.25, -0.2) is 4.79 Å². The van der Waals surface area contributed by atoms with Crippen molar-refractivity contribution < 1.29 is 48.7 Å². The van der Waals surface area contributed by atoms with E-state index in [9.17, 15) is 29.7 Å². The van der Waals surface area contributed by atoms with E-state index in [0.717, 1.165) is 18.4 Å². The highest BCUT2D eigenvalue weighted by atomic mass is 16.7. The van der Waals surface area contributed by atoms with E-state index < -0.39 is 59.8 Å². The summed E-state index contributed by atoms with van der Waals surface area (Å²) in [6, 6.07) is 7.93. The molecule has 2 saturated heterocycles. The zero-order chi connectivity index (χ0) is 49.9. The van der Waals surface area contributed by atoms with Gasteiger partial charge in [0.25, 0.3) is 5.91 Å². The van der Waals surface area contributed by atoms with Crippen LogP contribution in [0.2, 0.25) is 0 Å². The van der Waals surface area contributed by atoms with E-state index >= 15 is 4.79 Å². The molecule has 0 aromatic heterocycles. The van der Waals surface area contributed by atoms with E-state index in [0.29, 0.717) is 69.1 Å². The molecule has 378 valence electrons. The van der Waals surface area contributed by atoms with Gasteiger partial charge >= 0.3 is 5.97 Å². The lowest BCUT2D eigenvalue weighted by atomic mass is 9.75. The van der Waals surface area contributed by atoms with Crippen molar-refractivity contribution in [2.45, 2.75) is 189 Å². The first-order valence-corrected chi connectivity index (χ1v) is 25.9. The third kappa shape index (κ3) is 14.6. The molecule has 0 radical (unpaired) electrons. The Labute approximate surface area is 407 Å². The SMILES string of the molecule is C/C1=C\[C@@H](C)C(=O)CC([C@H](C)CC2CC[C@@H](O)[C@H](C)C2)OC(=O)[C@@H]2CCCCN2C(=O)C(Oc2ccccc2)[C@]2(O)O[C@@H](CC[C@H]2C)C[C@H](C)/C(C)=C/C=C/C=C/[C@@H](C)C[C@@H](C)C(=O)[C@H](C)[C@@H]1O. The number of Topliss-reactive ketones (excluding diaryl/α,β-unsaturated/α-hetero) is 2. The van der Waals surface area contributed by atoms with Gasteiger partial charge < -0.3 is 34.4 Å². The maximum atomic E-state index is 15.2. The number of allylic oxidation sites excluding steroid dienone is 7. The van der Waals surface area contributed by atoms with Gasteiger partial charge in [0.05, 0.1) is 18.3 Å². The molecule has 1 aromatic rings. The van der Waals surface area contributed by atoms with Crippen LogP contribution in [-0.4, -0.2) is 92.6 Å². The van der Waals surface area contributed by atoms with Crippen LogP contribution in [0.25, 0.3) is 0 Å². The summed E-state index contributed by atoms with van der Waals surface area (Å²) in [5, 5.41) is 34.7. The Morgan fingerprint density at radius 1 is 0.824 bits per heavy atom. The summed E-state index contributed by atoms with van der Waals surface area (Å²) in [4.78, 5) is 59.3. The fourth-order valence-electron chi connectivity index (χ4n) is 11.1. The van der Waals surface area contributed by atoms with Crippen LogP contribution in [-0.2, 0) is 28.7 Å². The number of amides is 1. The van der Waals surface area contributed by atoms with Crippen LogP contribution in [0.4, 0.5) is 0 Å². The minimum absolute atomic E-state index is 0.0371. The summed E-state index contributed by atoms with van der Waals surface area (Å²) in [5.41, 5.74) is 1.66. The normalized spacial score (nSPS) is 40.1. The quantitative estimate of drug-likeness (QED) is 0.192. The fraction of sp³-hybridized carbons (Fsp3) is 0.684. The zero-order valence-corrected chi connectivity index (χ0v) is 42.9. The zero-order valence-electron chi connectivity index (χ0n) is 42.9. The highest BCUT2D eigenvalue weighted by Gasteiger charge is 2.55. The monoisotopic (exact) mass is 944 g/mol. The number of hydrogen-bond donors (Lipinski definition) is 3. The molecule has 1 aromatic carbocycles. The number of hydrogen-bond acceptors (Lipinski definition) is 10. The number of piperidine rings is 1. The van der Waals surface area contributed by atoms with Crippen molar-refractivity contribution in [1.82, 2.24) is 4.90 Å². The molecule has 3 N–H and O–H groups in total. The Kier molecular flexibility index (Phi) is 20.5. The minimum atomic E-state index is -2.02. The lowest BCUT2D eigenvalue weighted by Crippen LogP contribution is -2.64. The van der Waals surface area contributed by atoms with E-state index in [1.54, 1.807) is 51.1 Å². The Hall–Kier alpha value is -3.90. The van der Waals surface area contributed by atoms with Crippen LogP contribution in [0.15, 0.2) is 77.9 Å². The summed E-state index contributed by atoms with van der Waals surface area (Å²) in [6.07, 6.45) is 14.8. The summed E-state index contributed by atoms with van der Waals surface area (Å²) in [7, 11) is 0. The van der Waals surface area contributed by atoms with E-state index in [4.69, 9.17) is 14.2 Å². The van der Waals surface area contributed by atoms with E-state index in [2.05, 4.69) is 39.8 Å². The maximum absolute atomic E-state index is 15.2. The molecular weight excluding hydrogens is 859 g/mol. The number of rotatable bonds is 5. The largest absolute Gasteiger partial charge is 0.475 e. The van der Waals surface area contributed by atoms with Gasteiger partial charge in [0, 0.05) is 36.6 Å². The van der Waals surface area contributed by atoms with Crippen LogP contribution in [0, 0.1) is 53.3 Å². The second kappa shape index (κ2) is 25.3. The molecule has 3 fully saturated rings. The molecule has 16 atom stereocenters. The lowest BCUT2D eigenvalue weighted by Gasteiger charge is -2.47. The van der Waals surface area contributed by atoms with Gasteiger partial charge in [0.2, 0.25) is 11.9 Å². The Morgan fingerprint density at radius 3 is 2.25 bits per heavy atom. The molecule has 1 amide bonds. The summed E-state index contributed by atoms with van der Waals surface area (Å²) in [5.74, 6) is -4.74. The van der Waals surface area contributed by atoms with E-state index in [1.807, 2.05) is 45.1 Å². The third-order valence-corrected chi connectivity index (χ3v) is 15.9. The van der Waals surface area contributed by atoms with Crippen molar-refractivity contribution >= 4 is 23.4 Å². The molecule has 68 heavy (non-hydrogen) atoms. The fourth-order valence-corrected chi connectivity index (χ4v) is 11.1. The molecule has 11 nitrogen and oxygen atoms in total. The average Bonchev–Trinajstić information content (AvgIpc) is 3.31. The maximum Gasteiger partial charge on any atom is 0.329 e. The highest BCUT2D eigenvalue weighted by Crippen LogP contribution is 2.41. The number of carbonyl (C=O) groups is 4. The predicted octanol–water partition coefficient (Wildman–Crippen LogP) is 9.92. The number of fused-ring (bicyclic) bond motifs is 3. The summed E-state index contributed by atoms with van der Waals surface area (Å²) >= 11 is 0. The number of esters is 1. The number of ether oxygens (including phenoxy) is 3. The van der Waals surface area contributed by atoms with Crippen LogP contribution in [0.5, 0.6) is 5.75 Å². The highest BCUT2D eigenvalue weighted by molar-refractivity contribution is 5.89. The van der Waals surface area contributed by atoms with E-state index in [-0.39, 0.29) is 72.2 Å². The first-order valence-electron chi connectivity index (χ1n) is 25.9. The van der Waals surface area contributed by atoms with Crippen LogP contribution in [0.3, 0.4) is 0 Å². The molecule has 0 spiro atoms. The number of para-hydroxylation sites is 1. The van der Waals surface area contributed by atoms with Crippen molar-refractivity contribution in [2.24, 2.45) is 53.3 Å². The first-order chi connectivity index (χ1) is 32.2. The van der Waals surface area contributed by atoms with Crippen molar-refractivity contribution in [2.75, 3.05) is 6.54 Å². The molecule has 2 bridgehead atoms. The lowest BCUT2D eigenvalue weighted by molar-refractivity contribution is -0.312. The molecular formula is C57H85NO10. The Bertz CT molecular complexity index is 1960. The van der Waals surface area contributed by atoms with Crippen LogP contribution >= 0.6 is 0 Å².